The minimum absolute atomic E-state index is 0. The molecule has 0 fully saturated rings. The molecule has 0 aliphatic rings. The van der Waals surface area contributed by atoms with Crippen molar-refractivity contribution in [2.45, 2.75) is 58.3 Å². The summed E-state index contributed by atoms with van der Waals surface area (Å²) in [5.41, 5.74) is 0. The number of hydrogen-bond acceptors (Lipinski definition) is 5. The van der Waals surface area contributed by atoms with Gasteiger partial charge in [-0.15, -0.1) is 0 Å². The molecule has 5 nitrogen and oxygen atoms in total. The number of rotatable bonds is 11. The molecule has 0 saturated carbocycles. The van der Waals surface area contributed by atoms with Gasteiger partial charge >= 0.3 is 29.6 Å². The summed E-state index contributed by atoms with van der Waals surface area (Å²) >= 11 is 0. The minimum atomic E-state index is -4.61. The van der Waals surface area contributed by atoms with Gasteiger partial charge in [0.25, 0.3) is 0 Å². The molecule has 7 heteroatoms. The van der Waals surface area contributed by atoms with Gasteiger partial charge in [0, 0.05) is 12.8 Å². The minimum Gasteiger partial charge on any atom is -0.726 e. The fraction of sp³-hybridized carbons (Fsp3) is 0.909. The van der Waals surface area contributed by atoms with Crippen molar-refractivity contribution in [1.82, 2.24) is 0 Å². The van der Waals surface area contributed by atoms with Gasteiger partial charge in [-0.2, -0.15) is 0 Å². The Bertz CT molecular complexity index is 303. The molecule has 0 aromatic heterocycles. The van der Waals surface area contributed by atoms with Crippen LogP contribution in [0.2, 0.25) is 0 Å². The Balaban J connectivity index is 0. The number of ketones is 1. The maximum absolute atomic E-state index is 11.3. The molecule has 0 radical (unpaired) electrons. The molecule has 0 amide bonds. The molecule has 0 aromatic rings. The van der Waals surface area contributed by atoms with Crippen LogP contribution in [0.5, 0.6) is 0 Å². The van der Waals surface area contributed by atoms with Crippen molar-refractivity contribution >= 4 is 16.2 Å². The first-order valence-electron chi connectivity index (χ1n) is 6.07. The molecule has 0 heterocycles. The third-order valence-electron chi connectivity index (χ3n) is 2.39. The van der Waals surface area contributed by atoms with Gasteiger partial charge in [-0.1, -0.05) is 32.6 Å². The summed E-state index contributed by atoms with van der Waals surface area (Å²) in [6.45, 7) is 1.93. The van der Waals surface area contributed by atoms with Crippen LogP contribution in [-0.2, 0) is 19.4 Å². The average molecular weight is 288 g/mol. The monoisotopic (exact) mass is 288 g/mol. The fourth-order valence-electron chi connectivity index (χ4n) is 1.48. The molecule has 0 N–H and O–H groups in total. The molecule has 0 rings (SSSR count). The van der Waals surface area contributed by atoms with Crippen molar-refractivity contribution in [3.8, 4) is 0 Å². The molecule has 0 aliphatic carbocycles. The summed E-state index contributed by atoms with van der Waals surface area (Å²) in [4.78, 5) is 11.3. The summed E-state index contributed by atoms with van der Waals surface area (Å²) in [6.07, 6.45) is 6.58. The third-order valence-corrected chi connectivity index (χ3v) is 2.84. The number of unbranched alkanes of at least 4 members (excludes halogenated alkanes) is 4. The second-order valence-corrected chi connectivity index (χ2v) is 5.09. The number of hydrogen-bond donors (Lipinski definition) is 0. The second kappa shape index (κ2) is 12.6. The van der Waals surface area contributed by atoms with Gasteiger partial charge in [0.1, 0.15) is 5.78 Å². The van der Waals surface area contributed by atoms with Crippen LogP contribution in [0.3, 0.4) is 0 Å². The Hall–Kier alpha value is 0.540. The normalized spacial score (nSPS) is 11.0. The molecular weight excluding hydrogens is 267 g/mol. The number of carbonyl (C=O) groups is 1. The van der Waals surface area contributed by atoms with Crippen LogP contribution >= 0.6 is 0 Å². The fourth-order valence-corrected chi connectivity index (χ4v) is 1.80. The van der Waals surface area contributed by atoms with Crippen molar-refractivity contribution in [1.29, 1.82) is 0 Å². The Labute approximate surface area is 132 Å². The zero-order valence-corrected chi connectivity index (χ0v) is 14.1. The molecule has 0 unspecified atom stereocenters. The molecule has 0 bridgehead atoms. The first-order valence-corrected chi connectivity index (χ1v) is 7.41. The maximum Gasteiger partial charge on any atom is 1.00 e. The summed E-state index contributed by atoms with van der Waals surface area (Å²) in [6, 6.07) is 0. The third kappa shape index (κ3) is 16.5. The van der Waals surface area contributed by atoms with E-state index < -0.39 is 10.4 Å². The van der Waals surface area contributed by atoms with Crippen LogP contribution in [-0.4, -0.2) is 25.4 Å². The van der Waals surface area contributed by atoms with E-state index in [1.54, 1.807) is 0 Å². The Morgan fingerprint density at radius 2 is 1.61 bits per heavy atom. The Morgan fingerprint density at radius 3 is 2.17 bits per heavy atom. The van der Waals surface area contributed by atoms with E-state index in [4.69, 9.17) is 0 Å². The topological polar surface area (TPSA) is 83.5 Å². The summed E-state index contributed by atoms with van der Waals surface area (Å²) in [7, 11) is -4.61. The molecule has 0 aliphatic heterocycles. The van der Waals surface area contributed by atoms with E-state index in [0.717, 1.165) is 19.3 Å². The van der Waals surface area contributed by atoms with E-state index in [0.29, 0.717) is 6.42 Å². The quantitative estimate of drug-likeness (QED) is 0.215. The van der Waals surface area contributed by atoms with Gasteiger partial charge in [0.05, 0.1) is 6.61 Å². The van der Waals surface area contributed by atoms with Crippen LogP contribution in [0.1, 0.15) is 58.3 Å². The van der Waals surface area contributed by atoms with E-state index in [-0.39, 0.29) is 54.8 Å². The van der Waals surface area contributed by atoms with Crippen LogP contribution in [0.25, 0.3) is 0 Å². The van der Waals surface area contributed by atoms with Crippen LogP contribution in [0.15, 0.2) is 0 Å². The van der Waals surface area contributed by atoms with Gasteiger partial charge < -0.3 is 4.55 Å². The van der Waals surface area contributed by atoms with Gasteiger partial charge in [0.2, 0.25) is 10.4 Å². The van der Waals surface area contributed by atoms with E-state index in [1.165, 1.54) is 12.8 Å². The number of carbonyl (C=O) groups excluding carboxylic acids is 1. The summed E-state index contributed by atoms with van der Waals surface area (Å²) in [5.74, 6) is 0.105. The summed E-state index contributed by atoms with van der Waals surface area (Å²) < 4.78 is 34.3. The SMILES string of the molecule is CCCCCCCC(=O)CCCOS(=O)(=O)[O-].[Na+]. The van der Waals surface area contributed by atoms with Crippen LogP contribution < -0.4 is 29.6 Å². The number of Topliss-reactive ketones (excluding diaryl/α,β-unsaturated/α-hetero) is 1. The standard InChI is InChI=1S/C11H22O5S.Na/c1-2-3-4-5-6-8-11(12)9-7-10-16-17(13,14)15;/h2-10H2,1H3,(H,13,14,15);/q;+1/p-1. The van der Waals surface area contributed by atoms with Crippen molar-refractivity contribution in [3.05, 3.63) is 0 Å². The predicted octanol–water partition coefficient (Wildman–Crippen LogP) is -0.823. The van der Waals surface area contributed by atoms with Crippen molar-refractivity contribution in [3.63, 3.8) is 0 Å². The smallest absolute Gasteiger partial charge is 0.726 e. The van der Waals surface area contributed by atoms with Crippen LogP contribution in [0.4, 0.5) is 0 Å². The predicted molar refractivity (Wildman–Crippen MR) is 63.3 cm³/mol. The van der Waals surface area contributed by atoms with E-state index in [1.807, 2.05) is 0 Å². The van der Waals surface area contributed by atoms with E-state index >= 15 is 0 Å². The van der Waals surface area contributed by atoms with Gasteiger partial charge in [-0.25, -0.2) is 8.42 Å². The zero-order valence-electron chi connectivity index (χ0n) is 11.3. The molecule has 18 heavy (non-hydrogen) atoms. The first-order chi connectivity index (χ1) is 7.95. The van der Waals surface area contributed by atoms with Gasteiger partial charge in [-0.05, 0) is 12.8 Å². The molecule has 0 saturated heterocycles. The Morgan fingerprint density at radius 1 is 1.06 bits per heavy atom. The molecule has 0 spiro atoms. The van der Waals surface area contributed by atoms with Crippen LogP contribution in [0, 0.1) is 0 Å². The van der Waals surface area contributed by atoms with Crippen molar-refractivity contribution < 1.29 is 51.5 Å². The Kier molecular flexibility index (Phi) is 14.6. The van der Waals surface area contributed by atoms with Crippen molar-refractivity contribution in [2.24, 2.45) is 0 Å². The summed E-state index contributed by atoms with van der Waals surface area (Å²) in [5, 5.41) is 0. The second-order valence-electron chi connectivity index (χ2n) is 4.04. The first kappa shape index (κ1) is 20.8. The molecule has 0 atom stereocenters. The van der Waals surface area contributed by atoms with E-state index in [2.05, 4.69) is 11.1 Å². The molecule has 0 aromatic carbocycles. The zero-order chi connectivity index (χ0) is 13.1. The maximum atomic E-state index is 11.3. The molecule has 102 valence electrons. The molecular formula is C11H21NaO5S. The van der Waals surface area contributed by atoms with Gasteiger partial charge in [-0.3, -0.25) is 8.98 Å². The van der Waals surface area contributed by atoms with Crippen molar-refractivity contribution in [2.75, 3.05) is 6.61 Å². The van der Waals surface area contributed by atoms with Gasteiger partial charge in [0.15, 0.2) is 0 Å². The average Bonchev–Trinajstić information content (AvgIpc) is 2.23. The largest absolute Gasteiger partial charge is 1.00 e. The van der Waals surface area contributed by atoms with E-state index in [9.17, 15) is 17.8 Å².